The van der Waals surface area contributed by atoms with Crippen LogP contribution in [0.3, 0.4) is 0 Å². The maximum atomic E-state index is 13.0. The number of nitrogens with one attached hydrogen (secondary N) is 2. The largest absolute Gasteiger partial charge is 0.396 e. The highest BCUT2D eigenvalue weighted by Gasteiger charge is 2.68. The average Bonchev–Trinajstić information content (AvgIpc) is 3.84. The van der Waals surface area contributed by atoms with Crippen LogP contribution in [-0.2, 0) is 27.1 Å². The van der Waals surface area contributed by atoms with E-state index in [0.29, 0.717) is 70.1 Å². The zero-order valence-corrected chi connectivity index (χ0v) is 38.1. The highest BCUT2D eigenvalue weighted by molar-refractivity contribution is 5.74. The molecule has 5 aliphatic rings. The third-order valence-corrected chi connectivity index (χ3v) is 15.5. The molecule has 342 valence electrons. The number of aliphatic hydroxyl groups is 5. The number of methoxy groups -OCH3 is 1. The molecule has 0 saturated heterocycles. The molecular formula is C52H76N2O8. The van der Waals surface area contributed by atoms with Crippen molar-refractivity contribution in [1.29, 1.82) is 0 Å². The monoisotopic (exact) mass is 857 g/mol. The van der Waals surface area contributed by atoms with Crippen LogP contribution in [-0.4, -0.2) is 102 Å². The Morgan fingerprint density at radius 3 is 2.56 bits per heavy atom. The van der Waals surface area contributed by atoms with Crippen molar-refractivity contribution >= 4 is 6.29 Å². The van der Waals surface area contributed by atoms with Crippen molar-refractivity contribution in [1.82, 2.24) is 10.6 Å². The van der Waals surface area contributed by atoms with Gasteiger partial charge in [0.2, 0.25) is 0 Å². The predicted octanol–water partition coefficient (Wildman–Crippen LogP) is 6.58. The number of hydrogen-bond acceptors (Lipinski definition) is 10. The molecule has 1 aromatic rings. The van der Waals surface area contributed by atoms with Gasteiger partial charge >= 0.3 is 0 Å². The third-order valence-electron chi connectivity index (χ3n) is 15.5. The van der Waals surface area contributed by atoms with Crippen molar-refractivity contribution in [2.45, 2.75) is 134 Å². The Hall–Kier alpha value is -3.03. The van der Waals surface area contributed by atoms with E-state index in [9.17, 15) is 30.3 Å². The predicted molar refractivity (Wildman–Crippen MR) is 245 cm³/mol. The van der Waals surface area contributed by atoms with Crippen molar-refractivity contribution in [3.63, 3.8) is 0 Å². The number of benzene rings is 1. The van der Waals surface area contributed by atoms with Crippen LogP contribution in [0.4, 0.5) is 0 Å². The fourth-order valence-corrected chi connectivity index (χ4v) is 12.0. The van der Waals surface area contributed by atoms with Gasteiger partial charge in [0, 0.05) is 56.0 Å². The first-order valence-corrected chi connectivity index (χ1v) is 23.3. The molecule has 0 unspecified atom stereocenters. The summed E-state index contributed by atoms with van der Waals surface area (Å²) in [6.45, 7) is 11.7. The van der Waals surface area contributed by atoms with Gasteiger partial charge in [-0.05, 0) is 151 Å². The standard InChI is InChI=1S/C52H76N2O8/c1-35(41-16-15-36(2)48(58)54-49(4,25-28-61-6)31-39-13-10-12-38(29-39)30-41)11-9-14-43(34-62-51(60)21-7-8-22-51)44-19-23-52(47(44)57)46-40(20-27-55)17-18-42(45(46)37(3)33-56)32-50(52,59)24-26-53-5/h9-15,17-18,29,33,40-42,44,46-48,53-55,57-60H,1,7-8,16,19-28,30-32,34H2,2-6H3/b11-9+,36-15+,43-14-,45-37?/t40-,41-,42-,44-,46-,47+,48+,49-,50+,52+/m0/s1. The highest BCUT2D eigenvalue weighted by Crippen LogP contribution is 2.67. The summed E-state index contributed by atoms with van der Waals surface area (Å²) in [5.74, 6) is -2.23. The zero-order valence-electron chi connectivity index (χ0n) is 38.1. The van der Waals surface area contributed by atoms with Gasteiger partial charge in [-0.1, -0.05) is 78.4 Å². The fraction of sp³-hybridized carbons (Fsp3) is 0.635. The maximum Gasteiger partial charge on any atom is 0.165 e. The van der Waals surface area contributed by atoms with E-state index in [1.54, 1.807) is 7.11 Å². The Labute approximate surface area is 371 Å². The summed E-state index contributed by atoms with van der Waals surface area (Å²) in [5.41, 5.74) is 4.01. The lowest BCUT2D eigenvalue weighted by Gasteiger charge is -2.61. The Morgan fingerprint density at radius 2 is 1.85 bits per heavy atom. The summed E-state index contributed by atoms with van der Waals surface area (Å²) < 4.78 is 11.8. The number of aliphatic hydroxyl groups excluding tert-OH is 3. The van der Waals surface area contributed by atoms with E-state index in [4.69, 9.17) is 9.47 Å². The minimum absolute atomic E-state index is 0.0436. The van der Waals surface area contributed by atoms with Crippen molar-refractivity contribution in [2.75, 3.05) is 40.5 Å². The number of rotatable bonds is 16. The molecule has 1 spiro atoms. The minimum atomic E-state index is -1.26. The smallest absolute Gasteiger partial charge is 0.165 e. The van der Waals surface area contributed by atoms with Crippen molar-refractivity contribution in [3.05, 3.63) is 106 Å². The molecule has 6 rings (SSSR count). The number of allylic oxidation sites excluding steroid dienone is 9. The normalized spacial score (nSPS) is 36.6. The molecular weight excluding hydrogens is 781 g/mol. The lowest BCUT2D eigenvalue weighted by molar-refractivity contribution is -0.200. The molecule has 10 atom stereocenters. The van der Waals surface area contributed by atoms with E-state index >= 15 is 0 Å². The molecule has 1 heterocycles. The second-order valence-electron chi connectivity index (χ2n) is 19.7. The molecule has 7 N–H and O–H groups in total. The fourth-order valence-electron chi connectivity index (χ4n) is 12.0. The molecule has 0 amide bonds. The average molecular weight is 857 g/mol. The number of ether oxygens (including phenoxy) is 2. The van der Waals surface area contributed by atoms with E-state index in [0.717, 1.165) is 60.7 Å². The van der Waals surface area contributed by atoms with Crippen LogP contribution in [0.5, 0.6) is 0 Å². The van der Waals surface area contributed by atoms with E-state index in [1.807, 2.05) is 39.1 Å². The van der Waals surface area contributed by atoms with Gasteiger partial charge in [0.05, 0.1) is 18.3 Å². The Bertz CT molecular complexity index is 1880. The van der Waals surface area contributed by atoms with Crippen molar-refractivity contribution in [3.8, 4) is 0 Å². The van der Waals surface area contributed by atoms with Gasteiger partial charge in [0.1, 0.15) is 12.5 Å². The maximum absolute atomic E-state index is 13.0. The van der Waals surface area contributed by atoms with Crippen LogP contribution >= 0.6 is 0 Å². The molecule has 10 heteroatoms. The van der Waals surface area contributed by atoms with Crippen LogP contribution in [0.1, 0.15) is 103 Å². The number of fused-ring (bicyclic) bond motifs is 5. The van der Waals surface area contributed by atoms with Gasteiger partial charge in [-0.25, -0.2) is 0 Å². The first kappa shape index (κ1) is 48.4. The number of carbonyl (C=O) groups is 1. The summed E-state index contributed by atoms with van der Waals surface area (Å²) in [4.78, 5) is 12.5. The molecule has 3 saturated carbocycles. The molecule has 0 radical (unpaired) electrons. The topological polar surface area (TPSA) is 161 Å². The summed E-state index contributed by atoms with van der Waals surface area (Å²) in [6.07, 6.45) is 19.7. The van der Waals surface area contributed by atoms with Gasteiger partial charge in [-0.3, -0.25) is 10.1 Å². The summed E-state index contributed by atoms with van der Waals surface area (Å²) in [6, 6.07) is 8.68. The summed E-state index contributed by atoms with van der Waals surface area (Å²) in [5, 5.41) is 65.8. The molecule has 3 fully saturated rings. The van der Waals surface area contributed by atoms with Crippen LogP contribution < -0.4 is 10.6 Å². The van der Waals surface area contributed by atoms with Crippen molar-refractivity contribution < 1.29 is 39.8 Å². The van der Waals surface area contributed by atoms with Crippen LogP contribution in [0.25, 0.3) is 0 Å². The third kappa shape index (κ3) is 10.4. The number of carbonyl (C=O) groups excluding carboxylic acids is 1. The highest BCUT2D eigenvalue weighted by atomic mass is 16.6. The lowest BCUT2D eigenvalue weighted by atomic mass is 9.45. The van der Waals surface area contributed by atoms with E-state index in [-0.39, 0.29) is 42.4 Å². The van der Waals surface area contributed by atoms with Gasteiger partial charge in [-0.2, -0.15) is 0 Å². The second-order valence-corrected chi connectivity index (χ2v) is 19.7. The van der Waals surface area contributed by atoms with E-state index in [2.05, 4.69) is 66.6 Å². The van der Waals surface area contributed by atoms with Crippen molar-refractivity contribution in [2.24, 2.45) is 35.0 Å². The Kier molecular flexibility index (Phi) is 16.3. The second kappa shape index (κ2) is 20.9. The molecule has 4 aliphatic carbocycles. The molecule has 1 aromatic carbocycles. The molecule has 0 aromatic heterocycles. The molecule has 4 bridgehead atoms. The quantitative estimate of drug-likeness (QED) is 0.0319. The van der Waals surface area contributed by atoms with Gasteiger partial charge in [0.15, 0.2) is 5.79 Å². The van der Waals surface area contributed by atoms with Gasteiger partial charge in [-0.15, -0.1) is 0 Å². The first-order chi connectivity index (χ1) is 29.6. The lowest BCUT2D eigenvalue weighted by Crippen LogP contribution is -2.65. The van der Waals surface area contributed by atoms with Crippen LogP contribution in [0, 0.1) is 35.0 Å². The van der Waals surface area contributed by atoms with Crippen LogP contribution in [0.2, 0.25) is 0 Å². The Balaban J connectivity index is 1.34. The van der Waals surface area contributed by atoms with Gasteiger partial charge in [0.25, 0.3) is 0 Å². The molecule has 62 heavy (non-hydrogen) atoms. The number of aldehydes is 1. The first-order valence-electron chi connectivity index (χ1n) is 23.3. The molecule has 10 nitrogen and oxygen atoms in total. The number of hydrogen-bond donors (Lipinski definition) is 7. The summed E-state index contributed by atoms with van der Waals surface area (Å²) >= 11 is 0. The van der Waals surface area contributed by atoms with Gasteiger partial charge < -0.3 is 40.3 Å². The minimum Gasteiger partial charge on any atom is -0.396 e. The zero-order chi connectivity index (χ0) is 44.7. The Morgan fingerprint density at radius 1 is 1.10 bits per heavy atom. The van der Waals surface area contributed by atoms with Crippen LogP contribution in [0.15, 0.2) is 95.2 Å². The SMILES string of the molecule is C=C(/C=C/C=C(/COC1(O)CCCC1)[C@@H]1CC[C@]2([C@@H]1O)[C@@H]1C(=C(C)C=O)[C@@H](C=C[C@H]1CCO)C[C@]2(O)CCNC)[C@H]1C/C=C(\C)[C@@H](O)N[C@@](C)(CCOC)Cc2cccc(c2)C1. The molecule has 1 aliphatic heterocycles. The van der Waals surface area contributed by atoms with E-state index in [1.165, 1.54) is 11.1 Å². The summed E-state index contributed by atoms with van der Waals surface area (Å²) in [7, 11) is 3.57. The van der Waals surface area contributed by atoms with E-state index < -0.39 is 35.1 Å².